The quantitative estimate of drug-likeness (QED) is 0.939. The Labute approximate surface area is 116 Å². The molecule has 1 atom stereocenters. The molecule has 1 aromatic carbocycles. The first-order chi connectivity index (χ1) is 8.79. The predicted molar refractivity (Wildman–Crippen MR) is 74.3 cm³/mol. The zero-order valence-electron chi connectivity index (χ0n) is 10.5. The highest BCUT2D eigenvalue weighted by atomic mass is 35.5. The molecule has 0 amide bonds. The maximum absolute atomic E-state index is 11.4. The number of aromatic nitrogens is 2. The fourth-order valence-electron chi connectivity index (χ4n) is 1.67. The Balaban J connectivity index is 2.43. The third kappa shape index (κ3) is 2.97. The molecule has 2 aromatic rings. The number of halogens is 1. The minimum atomic E-state index is -3.26. The lowest BCUT2D eigenvalue weighted by Crippen LogP contribution is -2.06. The van der Waals surface area contributed by atoms with Crippen molar-refractivity contribution in [2.45, 2.75) is 17.9 Å². The summed E-state index contributed by atoms with van der Waals surface area (Å²) in [6.07, 6.45) is 3.90. The predicted octanol–water partition coefficient (Wildman–Crippen LogP) is 1.95. The summed E-state index contributed by atoms with van der Waals surface area (Å²) in [6.45, 7) is 1.84. The van der Waals surface area contributed by atoms with Gasteiger partial charge in [0.1, 0.15) is 4.90 Å². The average Bonchev–Trinajstić information content (AvgIpc) is 2.76. The molecule has 1 heterocycles. The molecule has 0 aliphatic carbocycles. The molecule has 0 saturated heterocycles. The largest absolute Gasteiger partial charge is 0.324 e. The van der Waals surface area contributed by atoms with Crippen molar-refractivity contribution in [2.75, 3.05) is 6.26 Å². The smallest absolute Gasteiger partial charge is 0.178 e. The van der Waals surface area contributed by atoms with E-state index in [-0.39, 0.29) is 10.9 Å². The van der Waals surface area contributed by atoms with Gasteiger partial charge >= 0.3 is 0 Å². The number of benzene rings is 1. The van der Waals surface area contributed by atoms with Crippen LogP contribution < -0.4 is 5.73 Å². The Morgan fingerprint density at radius 3 is 2.58 bits per heavy atom. The summed E-state index contributed by atoms with van der Waals surface area (Å²) < 4.78 is 24.2. The van der Waals surface area contributed by atoms with E-state index in [0.29, 0.717) is 10.7 Å². The molecule has 19 heavy (non-hydrogen) atoms. The van der Waals surface area contributed by atoms with Crippen molar-refractivity contribution < 1.29 is 8.42 Å². The first-order valence-corrected chi connectivity index (χ1v) is 7.86. The van der Waals surface area contributed by atoms with Crippen LogP contribution in [0.3, 0.4) is 0 Å². The van der Waals surface area contributed by atoms with Gasteiger partial charge in [-0.15, -0.1) is 0 Å². The van der Waals surface area contributed by atoms with E-state index in [1.807, 2.05) is 13.0 Å². The third-order valence-electron chi connectivity index (χ3n) is 2.73. The van der Waals surface area contributed by atoms with Crippen LogP contribution >= 0.6 is 11.6 Å². The summed E-state index contributed by atoms with van der Waals surface area (Å²) in [6, 6.07) is 5.15. The summed E-state index contributed by atoms with van der Waals surface area (Å²) in [5, 5.41) is 4.55. The van der Waals surface area contributed by atoms with Crippen LogP contribution in [-0.2, 0) is 9.84 Å². The highest BCUT2D eigenvalue weighted by Crippen LogP contribution is 2.24. The lowest BCUT2D eigenvalue weighted by atomic mass is 10.1. The molecule has 0 radical (unpaired) electrons. The van der Waals surface area contributed by atoms with Gasteiger partial charge in [0.25, 0.3) is 0 Å². The normalized spacial score (nSPS) is 13.5. The molecule has 0 aliphatic heterocycles. The molecular formula is C12H14ClN3O2S. The van der Waals surface area contributed by atoms with Crippen LogP contribution in [0.5, 0.6) is 0 Å². The summed E-state index contributed by atoms with van der Waals surface area (Å²) in [5.41, 5.74) is 7.30. The third-order valence-corrected chi connectivity index (χ3v) is 4.12. The molecule has 2 N–H and O–H groups in total. The number of nitrogens with zero attached hydrogens (tertiary/aromatic N) is 2. The number of hydrogen-bond donors (Lipinski definition) is 1. The van der Waals surface area contributed by atoms with Crippen molar-refractivity contribution in [1.82, 2.24) is 9.78 Å². The van der Waals surface area contributed by atoms with Gasteiger partial charge in [0.15, 0.2) is 9.84 Å². The van der Waals surface area contributed by atoms with E-state index >= 15 is 0 Å². The van der Waals surface area contributed by atoms with E-state index in [1.165, 1.54) is 17.1 Å². The average molecular weight is 300 g/mol. The van der Waals surface area contributed by atoms with Crippen molar-refractivity contribution in [3.05, 3.63) is 41.2 Å². The number of sulfone groups is 1. The maximum atomic E-state index is 11.4. The number of rotatable bonds is 3. The van der Waals surface area contributed by atoms with Crippen molar-refractivity contribution >= 4 is 21.4 Å². The summed E-state index contributed by atoms with van der Waals surface area (Å²) >= 11 is 6.13. The van der Waals surface area contributed by atoms with Crippen LogP contribution in [0.4, 0.5) is 0 Å². The van der Waals surface area contributed by atoms with Gasteiger partial charge in [0.2, 0.25) is 0 Å². The van der Waals surface area contributed by atoms with Gasteiger partial charge in [-0.3, -0.25) is 0 Å². The van der Waals surface area contributed by atoms with Gasteiger partial charge in [0, 0.05) is 23.5 Å². The number of hydrogen-bond acceptors (Lipinski definition) is 4. The van der Waals surface area contributed by atoms with Gasteiger partial charge < -0.3 is 5.73 Å². The van der Waals surface area contributed by atoms with E-state index in [1.54, 1.807) is 12.1 Å². The zero-order valence-corrected chi connectivity index (χ0v) is 12.1. The van der Waals surface area contributed by atoms with E-state index < -0.39 is 9.84 Å². The summed E-state index contributed by atoms with van der Waals surface area (Å²) in [7, 11) is -3.26. The highest BCUT2D eigenvalue weighted by Gasteiger charge is 2.12. The van der Waals surface area contributed by atoms with Crippen LogP contribution in [0.1, 0.15) is 18.5 Å². The van der Waals surface area contributed by atoms with Crippen LogP contribution in [-0.4, -0.2) is 24.5 Å². The Hall–Kier alpha value is -1.37. The molecule has 102 valence electrons. The molecular weight excluding hydrogens is 286 g/mol. The van der Waals surface area contributed by atoms with Crippen LogP contribution in [0.25, 0.3) is 5.69 Å². The van der Waals surface area contributed by atoms with Gasteiger partial charge in [-0.2, -0.15) is 5.10 Å². The molecule has 2 rings (SSSR count). The Morgan fingerprint density at radius 2 is 2.11 bits per heavy atom. The molecule has 0 fully saturated rings. The fourth-order valence-corrected chi connectivity index (χ4v) is 2.54. The van der Waals surface area contributed by atoms with Crippen LogP contribution in [0.15, 0.2) is 35.5 Å². The standard InChI is InChI=1S/C12H14ClN3O2S/c1-8(14)11-4-3-9(5-12(11)13)16-7-10(6-15-16)19(2,17)18/h3-8H,14H2,1-2H3/t8-/m0/s1. The van der Waals surface area contributed by atoms with Crippen LogP contribution in [0, 0.1) is 0 Å². The second kappa shape index (κ2) is 4.96. The number of nitrogens with two attached hydrogens (primary N) is 1. The Morgan fingerprint density at radius 1 is 1.42 bits per heavy atom. The fraction of sp³-hybridized carbons (Fsp3) is 0.250. The molecule has 0 saturated carbocycles. The van der Waals surface area contributed by atoms with Crippen molar-refractivity contribution in [3.63, 3.8) is 0 Å². The van der Waals surface area contributed by atoms with Crippen LogP contribution in [0.2, 0.25) is 5.02 Å². The summed E-state index contributed by atoms with van der Waals surface area (Å²) in [4.78, 5) is 0.167. The van der Waals surface area contributed by atoms with Gasteiger partial charge in [-0.25, -0.2) is 13.1 Å². The minimum Gasteiger partial charge on any atom is -0.324 e. The molecule has 1 aromatic heterocycles. The van der Waals surface area contributed by atoms with E-state index in [2.05, 4.69) is 5.10 Å². The zero-order chi connectivity index (χ0) is 14.2. The maximum Gasteiger partial charge on any atom is 0.178 e. The topological polar surface area (TPSA) is 78.0 Å². The van der Waals surface area contributed by atoms with E-state index in [0.717, 1.165) is 11.8 Å². The Bertz CT molecular complexity index is 708. The van der Waals surface area contributed by atoms with Crippen molar-refractivity contribution in [2.24, 2.45) is 5.73 Å². The lowest BCUT2D eigenvalue weighted by Gasteiger charge is -2.10. The molecule has 0 bridgehead atoms. The van der Waals surface area contributed by atoms with Crippen molar-refractivity contribution in [1.29, 1.82) is 0 Å². The Kier molecular flexibility index (Phi) is 3.66. The highest BCUT2D eigenvalue weighted by molar-refractivity contribution is 7.90. The van der Waals surface area contributed by atoms with E-state index in [9.17, 15) is 8.42 Å². The first kappa shape index (κ1) is 14.0. The second-order valence-corrected chi connectivity index (χ2v) is 6.81. The molecule has 7 heteroatoms. The second-order valence-electron chi connectivity index (χ2n) is 4.39. The summed E-state index contributed by atoms with van der Waals surface area (Å²) in [5.74, 6) is 0. The molecule has 0 unspecified atom stereocenters. The molecule has 0 aliphatic rings. The van der Waals surface area contributed by atoms with E-state index in [4.69, 9.17) is 17.3 Å². The monoisotopic (exact) mass is 299 g/mol. The lowest BCUT2D eigenvalue weighted by molar-refractivity contribution is 0.602. The van der Waals surface area contributed by atoms with Gasteiger partial charge in [-0.1, -0.05) is 17.7 Å². The van der Waals surface area contributed by atoms with Crippen molar-refractivity contribution in [3.8, 4) is 5.69 Å². The SMILES string of the molecule is C[C@H](N)c1ccc(-n2cc(S(C)(=O)=O)cn2)cc1Cl. The minimum absolute atomic E-state index is 0.161. The van der Waals surface area contributed by atoms with Gasteiger partial charge in [-0.05, 0) is 24.6 Å². The molecule has 0 spiro atoms. The first-order valence-electron chi connectivity index (χ1n) is 5.59. The van der Waals surface area contributed by atoms with Gasteiger partial charge in [0.05, 0.1) is 11.9 Å². The molecule has 5 nitrogen and oxygen atoms in total.